The van der Waals surface area contributed by atoms with Gasteiger partial charge in [0.1, 0.15) is 0 Å². The molecule has 0 bridgehead atoms. The highest BCUT2D eigenvalue weighted by molar-refractivity contribution is 4.87. The quantitative estimate of drug-likeness (QED) is 0.369. The molecule has 0 aromatic rings. The summed E-state index contributed by atoms with van der Waals surface area (Å²) >= 11 is 0. The van der Waals surface area contributed by atoms with Crippen molar-refractivity contribution in [2.75, 3.05) is 6.61 Å². The van der Waals surface area contributed by atoms with Gasteiger partial charge in [0.25, 0.3) is 0 Å². The van der Waals surface area contributed by atoms with Gasteiger partial charge in [0.05, 0.1) is 12.1 Å². The monoisotopic (exact) mass is 183 g/mol. The minimum atomic E-state index is 0.0127. The maximum atomic E-state index is 8.44. The first-order chi connectivity index (χ1) is 6.20. The fraction of sp³-hybridized carbons (Fsp3) is 1.00. The SMILES string of the molecule is CC[C@H]1OC[C@H](C)[C@@H](C)[C@H]1N=[N+]=[N-]. The number of azide groups is 1. The van der Waals surface area contributed by atoms with E-state index < -0.39 is 0 Å². The van der Waals surface area contributed by atoms with Crippen molar-refractivity contribution in [2.45, 2.75) is 39.3 Å². The zero-order valence-electron chi connectivity index (χ0n) is 8.47. The van der Waals surface area contributed by atoms with Crippen molar-refractivity contribution in [3.05, 3.63) is 10.4 Å². The third-order valence-electron chi connectivity index (χ3n) is 2.98. The summed E-state index contributed by atoms with van der Waals surface area (Å²) in [7, 11) is 0. The summed E-state index contributed by atoms with van der Waals surface area (Å²) in [6.07, 6.45) is 1.03. The first-order valence-corrected chi connectivity index (χ1v) is 4.86. The highest BCUT2D eigenvalue weighted by atomic mass is 16.5. The van der Waals surface area contributed by atoms with Crippen molar-refractivity contribution in [1.29, 1.82) is 0 Å². The number of hydrogen-bond donors (Lipinski definition) is 0. The zero-order valence-corrected chi connectivity index (χ0v) is 8.47. The summed E-state index contributed by atoms with van der Waals surface area (Å²) in [6.45, 7) is 7.12. The molecule has 0 unspecified atom stereocenters. The van der Waals surface area contributed by atoms with Gasteiger partial charge in [-0.2, -0.15) is 0 Å². The summed E-state index contributed by atoms with van der Waals surface area (Å²) in [5.41, 5.74) is 8.44. The van der Waals surface area contributed by atoms with Crippen molar-refractivity contribution in [3.63, 3.8) is 0 Å². The molecule has 1 rings (SSSR count). The molecule has 1 fully saturated rings. The van der Waals surface area contributed by atoms with Crippen molar-refractivity contribution in [1.82, 2.24) is 0 Å². The van der Waals surface area contributed by atoms with Gasteiger partial charge < -0.3 is 4.74 Å². The molecular formula is C9H17N3O. The normalized spacial score (nSPS) is 39.6. The lowest BCUT2D eigenvalue weighted by Gasteiger charge is -2.37. The Morgan fingerprint density at radius 3 is 2.77 bits per heavy atom. The fourth-order valence-electron chi connectivity index (χ4n) is 1.80. The summed E-state index contributed by atoms with van der Waals surface area (Å²) in [5.74, 6) is 0.910. The summed E-state index contributed by atoms with van der Waals surface area (Å²) in [4.78, 5) is 2.89. The van der Waals surface area contributed by atoms with E-state index in [1.165, 1.54) is 0 Å². The molecule has 0 radical (unpaired) electrons. The molecule has 1 saturated heterocycles. The Balaban J connectivity index is 2.74. The maximum absolute atomic E-state index is 8.44. The van der Waals surface area contributed by atoms with E-state index in [1.54, 1.807) is 0 Å². The van der Waals surface area contributed by atoms with Crippen LogP contribution < -0.4 is 0 Å². The van der Waals surface area contributed by atoms with Crippen LogP contribution in [0.15, 0.2) is 5.11 Å². The zero-order chi connectivity index (χ0) is 9.84. The van der Waals surface area contributed by atoms with E-state index in [9.17, 15) is 0 Å². The molecular weight excluding hydrogens is 166 g/mol. The molecule has 1 aliphatic rings. The Bertz CT molecular complexity index is 211. The Morgan fingerprint density at radius 1 is 1.54 bits per heavy atom. The van der Waals surface area contributed by atoms with Crippen LogP contribution in [0, 0.1) is 11.8 Å². The van der Waals surface area contributed by atoms with E-state index in [0.29, 0.717) is 11.8 Å². The molecule has 4 atom stereocenters. The lowest BCUT2D eigenvalue weighted by Crippen LogP contribution is -2.42. The molecule has 74 valence electrons. The molecule has 13 heavy (non-hydrogen) atoms. The smallest absolute Gasteiger partial charge is 0.0665 e. The van der Waals surface area contributed by atoms with Crippen LogP contribution in [0.1, 0.15) is 27.2 Å². The van der Waals surface area contributed by atoms with Gasteiger partial charge in [-0.1, -0.05) is 25.9 Å². The van der Waals surface area contributed by atoms with Crippen molar-refractivity contribution in [3.8, 4) is 0 Å². The Hall–Kier alpha value is -0.730. The van der Waals surface area contributed by atoms with Gasteiger partial charge >= 0.3 is 0 Å². The number of hydrogen-bond acceptors (Lipinski definition) is 2. The fourth-order valence-corrected chi connectivity index (χ4v) is 1.80. The molecule has 0 aromatic carbocycles. The molecule has 1 aliphatic heterocycles. The summed E-state index contributed by atoms with van der Waals surface area (Å²) in [5, 5.41) is 3.82. The number of nitrogens with zero attached hydrogens (tertiary/aromatic N) is 3. The lowest BCUT2D eigenvalue weighted by atomic mass is 9.84. The van der Waals surface area contributed by atoms with Gasteiger partial charge in [-0.25, -0.2) is 0 Å². The van der Waals surface area contributed by atoms with E-state index in [1.807, 2.05) is 0 Å². The average molecular weight is 183 g/mol. The Morgan fingerprint density at radius 2 is 2.23 bits per heavy atom. The van der Waals surface area contributed by atoms with Gasteiger partial charge in [0.2, 0.25) is 0 Å². The van der Waals surface area contributed by atoms with Crippen molar-refractivity contribution in [2.24, 2.45) is 17.0 Å². The summed E-state index contributed by atoms with van der Waals surface area (Å²) in [6, 6.07) is 0.0127. The van der Waals surface area contributed by atoms with Gasteiger partial charge in [0, 0.05) is 11.5 Å². The van der Waals surface area contributed by atoms with Crippen LogP contribution in [-0.4, -0.2) is 18.8 Å². The van der Waals surface area contributed by atoms with E-state index >= 15 is 0 Å². The highest BCUT2D eigenvalue weighted by Crippen LogP contribution is 2.29. The standard InChI is InChI=1S/C9H17N3O/c1-4-8-9(11-12-10)7(3)6(2)5-13-8/h6-9H,4-5H2,1-3H3/t6-,7+,8+,9+/m0/s1. The van der Waals surface area contributed by atoms with Crippen LogP contribution in [0.25, 0.3) is 10.4 Å². The first kappa shape index (κ1) is 10.4. The van der Waals surface area contributed by atoms with Gasteiger partial charge in [0.15, 0.2) is 0 Å². The van der Waals surface area contributed by atoms with Crippen molar-refractivity contribution < 1.29 is 4.74 Å². The predicted octanol–water partition coefficient (Wildman–Crippen LogP) is 2.75. The van der Waals surface area contributed by atoms with Crippen LogP contribution in [0.2, 0.25) is 0 Å². The predicted molar refractivity (Wildman–Crippen MR) is 51.3 cm³/mol. The minimum Gasteiger partial charge on any atom is -0.378 e. The molecule has 0 aromatic heterocycles. The van der Waals surface area contributed by atoms with Gasteiger partial charge in [-0.15, -0.1) is 0 Å². The van der Waals surface area contributed by atoms with Crippen LogP contribution >= 0.6 is 0 Å². The maximum Gasteiger partial charge on any atom is 0.0665 e. The second-order valence-electron chi connectivity index (χ2n) is 3.81. The van der Waals surface area contributed by atoms with E-state index in [2.05, 4.69) is 30.8 Å². The van der Waals surface area contributed by atoms with E-state index in [-0.39, 0.29) is 12.1 Å². The van der Waals surface area contributed by atoms with Crippen LogP contribution in [0.5, 0.6) is 0 Å². The second kappa shape index (κ2) is 4.49. The van der Waals surface area contributed by atoms with E-state index in [4.69, 9.17) is 10.3 Å². The Labute approximate surface area is 78.9 Å². The second-order valence-corrected chi connectivity index (χ2v) is 3.81. The first-order valence-electron chi connectivity index (χ1n) is 4.86. The molecule has 0 saturated carbocycles. The minimum absolute atomic E-state index is 0.0127. The van der Waals surface area contributed by atoms with Crippen molar-refractivity contribution >= 4 is 0 Å². The van der Waals surface area contributed by atoms with Crippen LogP contribution in [0.4, 0.5) is 0 Å². The summed E-state index contributed by atoms with van der Waals surface area (Å²) < 4.78 is 5.61. The van der Waals surface area contributed by atoms with E-state index in [0.717, 1.165) is 13.0 Å². The van der Waals surface area contributed by atoms with Crippen LogP contribution in [0.3, 0.4) is 0 Å². The molecule has 0 N–H and O–H groups in total. The van der Waals surface area contributed by atoms with Gasteiger partial charge in [-0.3, -0.25) is 0 Å². The average Bonchev–Trinajstić information content (AvgIpc) is 2.14. The number of ether oxygens (including phenoxy) is 1. The van der Waals surface area contributed by atoms with Gasteiger partial charge in [-0.05, 0) is 23.8 Å². The van der Waals surface area contributed by atoms with Crippen LogP contribution in [-0.2, 0) is 4.74 Å². The molecule has 0 amide bonds. The molecule has 4 heteroatoms. The number of rotatable bonds is 2. The highest BCUT2D eigenvalue weighted by Gasteiger charge is 2.33. The topological polar surface area (TPSA) is 58.0 Å². The third-order valence-corrected chi connectivity index (χ3v) is 2.98. The lowest BCUT2D eigenvalue weighted by molar-refractivity contribution is -0.0529. The third kappa shape index (κ3) is 2.14. The Kier molecular flexibility index (Phi) is 3.58. The molecule has 0 spiro atoms. The molecule has 0 aliphatic carbocycles. The molecule has 4 nitrogen and oxygen atoms in total. The molecule has 1 heterocycles. The largest absolute Gasteiger partial charge is 0.378 e.